The first-order chi connectivity index (χ1) is 9.06. The average Bonchev–Trinajstić information content (AvgIpc) is 2.84. The molecule has 0 spiro atoms. The van der Waals surface area contributed by atoms with E-state index < -0.39 is 0 Å². The third-order valence-corrected chi connectivity index (χ3v) is 4.00. The maximum absolute atomic E-state index is 12.2. The highest BCUT2D eigenvalue weighted by Crippen LogP contribution is 2.19. The van der Waals surface area contributed by atoms with Crippen LogP contribution < -0.4 is 5.32 Å². The first kappa shape index (κ1) is 14.6. The Kier molecular flexibility index (Phi) is 5.04. The minimum atomic E-state index is -0.0792. The van der Waals surface area contributed by atoms with Gasteiger partial charge in [0.1, 0.15) is 5.76 Å². The molecule has 1 atom stereocenters. The molecule has 1 N–H and O–H groups in total. The third kappa shape index (κ3) is 4.07. The van der Waals surface area contributed by atoms with E-state index in [1.807, 2.05) is 37.3 Å². The van der Waals surface area contributed by atoms with Crippen molar-refractivity contribution in [2.24, 2.45) is 0 Å². The molecule has 1 amide bonds. The number of hydrogen-bond acceptors (Lipinski definition) is 2. The summed E-state index contributed by atoms with van der Waals surface area (Å²) < 4.78 is 7.11. The number of amides is 1. The molecule has 0 aliphatic heterocycles. The molecule has 1 heterocycles. The summed E-state index contributed by atoms with van der Waals surface area (Å²) >= 11 is 5.59. The Balaban J connectivity index is 2.02. The standard InChI is InChI=1S/C14H13BrINO2/c1-9(7-11-3-2-6-19-11)17-14(18)12-8-10(16)4-5-13(12)15/h2-6,8-9H,7H2,1H3,(H,17,18). The SMILES string of the molecule is CC(Cc1ccco1)NC(=O)c1cc(I)ccc1Br. The molecule has 2 aromatic rings. The van der Waals surface area contributed by atoms with Crippen LogP contribution in [0, 0.1) is 3.57 Å². The summed E-state index contributed by atoms with van der Waals surface area (Å²) in [6.45, 7) is 1.96. The van der Waals surface area contributed by atoms with Gasteiger partial charge in [0.05, 0.1) is 11.8 Å². The average molecular weight is 434 g/mol. The van der Waals surface area contributed by atoms with Crippen LogP contribution in [0.4, 0.5) is 0 Å². The smallest absolute Gasteiger partial charge is 0.252 e. The van der Waals surface area contributed by atoms with E-state index >= 15 is 0 Å². The van der Waals surface area contributed by atoms with Gasteiger partial charge in [-0.05, 0) is 75.8 Å². The molecule has 1 aromatic heterocycles. The van der Waals surface area contributed by atoms with Crippen molar-refractivity contribution < 1.29 is 9.21 Å². The van der Waals surface area contributed by atoms with Crippen molar-refractivity contribution in [2.45, 2.75) is 19.4 Å². The van der Waals surface area contributed by atoms with Gasteiger partial charge in [-0.25, -0.2) is 0 Å². The Bertz CT molecular complexity index is 569. The predicted molar refractivity (Wildman–Crippen MR) is 86.2 cm³/mol. The van der Waals surface area contributed by atoms with E-state index in [0.717, 1.165) is 13.8 Å². The number of halogens is 2. The van der Waals surface area contributed by atoms with Gasteiger partial charge in [-0.3, -0.25) is 4.79 Å². The number of rotatable bonds is 4. The minimum absolute atomic E-state index is 0.0171. The summed E-state index contributed by atoms with van der Waals surface area (Å²) in [7, 11) is 0. The van der Waals surface area contributed by atoms with Crippen LogP contribution in [-0.2, 0) is 6.42 Å². The number of hydrogen-bond donors (Lipinski definition) is 1. The fraction of sp³-hybridized carbons (Fsp3) is 0.214. The van der Waals surface area contributed by atoms with E-state index in [0.29, 0.717) is 12.0 Å². The van der Waals surface area contributed by atoms with Gasteiger partial charge < -0.3 is 9.73 Å². The molecule has 1 unspecified atom stereocenters. The first-order valence-electron chi connectivity index (χ1n) is 5.84. The van der Waals surface area contributed by atoms with Crippen molar-refractivity contribution >= 4 is 44.4 Å². The lowest BCUT2D eigenvalue weighted by molar-refractivity contribution is 0.0938. The fourth-order valence-electron chi connectivity index (χ4n) is 1.75. The predicted octanol–water partition coefficient (Wildman–Crippen LogP) is 4.01. The second kappa shape index (κ2) is 6.56. The summed E-state index contributed by atoms with van der Waals surface area (Å²) in [6.07, 6.45) is 2.32. The molecule has 0 saturated heterocycles. The van der Waals surface area contributed by atoms with E-state index in [4.69, 9.17) is 4.42 Å². The van der Waals surface area contributed by atoms with Gasteiger partial charge in [-0.2, -0.15) is 0 Å². The third-order valence-electron chi connectivity index (χ3n) is 2.64. The van der Waals surface area contributed by atoms with E-state index in [-0.39, 0.29) is 11.9 Å². The van der Waals surface area contributed by atoms with E-state index in [1.165, 1.54) is 0 Å². The molecule has 0 radical (unpaired) electrons. The van der Waals surface area contributed by atoms with Gasteiger partial charge in [0, 0.05) is 20.5 Å². The molecule has 0 aliphatic rings. The summed E-state index contributed by atoms with van der Waals surface area (Å²) in [5.74, 6) is 0.791. The Hall–Kier alpha value is -0.820. The van der Waals surface area contributed by atoms with Crippen LogP contribution in [0.15, 0.2) is 45.5 Å². The molecule has 19 heavy (non-hydrogen) atoms. The highest BCUT2D eigenvalue weighted by atomic mass is 127. The molecular weight excluding hydrogens is 421 g/mol. The lowest BCUT2D eigenvalue weighted by Gasteiger charge is -2.13. The number of furan rings is 1. The number of benzene rings is 1. The van der Waals surface area contributed by atoms with Gasteiger partial charge in [-0.1, -0.05) is 0 Å². The second-order valence-electron chi connectivity index (χ2n) is 4.28. The second-order valence-corrected chi connectivity index (χ2v) is 6.38. The zero-order chi connectivity index (χ0) is 13.8. The number of nitrogens with one attached hydrogen (secondary N) is 1. The van der Waals surface area contributed by atoms with E-state index in [2.05, 4.69) is 43.8 Å². The Morgan fingerprint density at radius 3 is 2.95 bits per heavy atom. The molecule has 1 aromatic carbocycles. The monoisotopic (exact) mass is 433 g/mol. The number of carbonyl (C=O) groups is 1. The highest BCUT2D eigenvalue weighted by molar-refractivity contribution is 14.1. The lowest BCUT2D eigenvalue weighted by Crippen LogP contribution is -2.34. The zero-order valence-electron chi connectivity index (χ0n) is 10.3. The van der Waals surface area contributed by atoms with Gasteiger partial charge in [0.15, 0.2) is 0 Å². The Morgan fingerprint density at radius 2 is 2.26 bits per heavy atom. The van der Waals surface area contributed by atoms with Crippen LogP contribution in [-0.4, -0.2) is 11.9 Å². The van der Waals surface area contributed by atoms with Crippen molar-refractivity contribution in [1.82, 2.24) is 5.32 Å². The van der Waals surface area contributed by atoms with Crippen LogP contribution in [0.1, 0.15) is 23.0 Å². The normalized spacial score (nSPS) is 12.2. The Morgan fingerprint density at radius 1 is 1.47 bits per heavy atom. The summed E-state index contributed by atoms with van der Waals surface area (Å²) in [5.41, 5.74) is 0.651. The molecule has 0 aliphatic carbocycles. The maximum Gasteiger partial charge on any atom is 0.252 e. The molecule has 3 nitrogen and oxygen atoms in total. The van der Waals surface area contributed by atoms with Crippen LogP contribution in [0.5, 0.6) is 0 Å². The van der Waals surface area contributed by atoms with E-state index in [1.54, 1.807) is 6.26 Å². The van der Waals surface area contributed by atoms with Crippen LogP contribution in [0.2, 0.25) is 0 Å². The summed E-state index contributed by atoms with van der Waals surface area (Å²) in [5, 5.41) is 2.97. The molecular formula is C14H13BrINO2. The lowest BCUT2D eigenvalue weighted by atomic mass is 10.1. The van der Waals surface area contributed by atoms with Crippen molar-refractivity contribution in [3.63, 3.8) is 0 Å². The molecule has 0 saturated carbocycles. The quantitative estimate of drug-likeness (QED) is 0.740. The Labute approximate surface area is 134 Å². The van der Waals surface area contributed by atoms with Gasteiger partial charge in [0.25, 0.3) is 5.91 Å². The highest BCUT2D eigenvalue weighted by Gasteiger charge is 2.14. The van der Waals surface area contributed by atoms with Crippen LogP contribution >= 0.6 is 38.5 Å². The fourth-order valence-corrected chi connectivity index (χ4v) is 2.67. The maximum atomic E-state index is 12.2. The zero-order valence-corrected chi connectivity index (χ0v) is 14.1. The van der Waals surface area contributed by atoms with Crippen LogP contribution in [0.3, 0.4) is 0 Å². The van der Waals surface area contributed by atoms with Gasteiger partial charge in [-0.15, -0.1) is 0 Å². The van der Waals surface area contributed by atoms with Crippen molar-refractivity contribution in [1.29, 1.82) is 0 Å². The minimum Gasteiger partial charge on any atom is -0.469 e. The van der Waals surface area contributed by atoms with Crippen molar-refractivity contribution in [3.05, 3.63) is 56.0 Å². The van der Waals surface area contributed by atoms with E-state index in [9.17, 15) is 4.79 Å². The molecule has 2 rings (SSSR count). The van der Waals surface area contributed by atoms with Gasteiger partial charge >= 0.3 is 0 Å². The molecule has 5 heteroatoms. The number of carbonyl (C=O) groups excluding carboxylic acids is 1. The molecule has 0 bridgehead atoms. The topological polar surface area (TPSA) is 42.2 Å². The first-order valence-corrected chi connectivity index (χ1v) is 7.71. The molecule has 0 fully saturated rings. The largest absolute Gasteiger partial charge is 0.469 e. The van der Waals surface area contributed by atoms with Crippen molar-refractivity contribution in [2.75, 3.05) is 0 Å². The summed E-state index contributed by atoms with van der Waals surface area (Å²) in [4.78, 5) is 12.2. The summed E-state index contributed by atoms with van der Waals surface area (Å²) in [6, 6.07) is 9.47. The van der Waals surface area contributed by atoms with Crippen LogP contribution in [0.25, 0.3) is 0 Å². The van der Waals surface area contributed by atoms with Crippen molar-refractivity contribution in [3.8, 4) is 0 Å². The van der Waals surface area contributed by atoms with Gasteiger partial charge in [0.2, 0.25) is 0 Å². The molecule has 100 valence electrons.